The van der Waals surface area contributed by atoms with E-state index in [1.54, 1.807) is 19.2 Å². The van der Waals surface area contributed by atoms with Gasteiger partial charge in [-0.15, -0.1) is 0 Å². The predicted molar refractivity (Wildman–Crippen MR) is 112 cm³/mol. The van der Waals surface area contributed by atoms with E-state index in [1.165, 1.54) is 12.8 Å². The molecule has 144 valence electrons. The second kappa shape index (κ2) is 8.18. The molecule has 27 heavy (non-hydrogen) atoms. The first kappa shape index (κ1) is 19.4. The zero-order chi connectivity index (χ0) is 19.0. The molecule has 1 N–H and O–H groups in total. The van der Waals surface area contributed by atoms with Crippen LogP contribution in [0, 0.1) is 5.92 Å². The second-order valence-electron chi connectivity index (χ2n) is 7.32. The van der Waals surface area contributed by atoms with Crippen LogP contribution in [0.2, 0.25) is 15.1 Å². The first-order valence-electron chi connectivity index (χ1n) is 9.32. The van der Waals surface area contributed by atoms with Gasteiger partial charge in [-0.25, -0.2) is 0 Å². The molecule has 3 aliphatic rings. The van der Waals surface area contributed by atoms with Gasteiger partial charge < -0.3 is 10.1 Å². The lowest BCUT2D eigenvalue weighted by atomic mass is 9.76. The molecule has 3 fully saturated rings. The van der Waals surface area contributed by atoms with Gasteiger partial charge in [0.05, 0.1) is 13.2 Å². The van der Waals surface area contributed by atoms with E-state index in [0.29, 0.717) is 21.0 Å². The van der Waals surface area contributed by atoms with E-state index in [4.69, 9.17) is 39.5 Å². The van der Waals surface area contributed by atoms with Crippen LogP contribution in [0.3, 0.4) is 0 Å². The fourth-order valence-corrected chi connectivity index (χ4v) is 5.64. The van der Waals surface area contributed by atoms with Crippen molar-refractivity contribution in [3.05, 3.63) is 62.6 Å². The molecular formula is C21H23Cl3N2O. The molecule has 0 saturated carbocycles. The highest BCUT2D eigenvalue weighted by Crippen LogP contribution is 2.46. The molecule has 0 spiro atoms. The lowest BCUT2D eigenvalue weighted by molar-refractivity contribution is 0.0113. The minimum Gasteiger partial charge on any atom is -0.496 e. The first-order chi connectivity index (χ1) is 13.1. The molecule has 0 radical (unpaired) electrons. The number of nitrogens with zero attached hydrogens (tertiary/aromatic N) is 1. The molecule has 6 heteroatoms. The van der Waals surface area contributed by atoms with Gasteiger partial charge in [-0.2, -0.15) is 0 Å². The molecule has 2 atom stereocenters. The SMILES string of the molecule is COc1ccccc1CNC1C2CCN(CC2)C1c1c(Cl)cc(Cl)cc1Cl. The van der Waals surface area contributed by atoms with E-state index in [1.807, 2.05) is 18.2 Å². The molecule has 0 aliphatic carbocycles. The van der Waals surface area contributed by atoms with Gasteiger partial charge in [-0.05, 0) is 50.0 Å². The summed E-state index contributed by atoms with van der Waals surface area (Å²) in [5, 5.41) is 5.66. The minimum atomic E-state index is 0.157. The van der Waals surface area contributed by atoms with Crippen molar-refractivity contribution in [1.82, 2.24) is 10.2 Å². The van der Waals surface area contributed by atoms with Crippen LogP contribution < -0.4 is 10.1 Å². The summed E-state index contributed by atoms with van der Waals surface area (Å²) in [5.41, 5.74) is 2.15. The van der Waals surface area contributed by atoms with Crippen LogP contribution in [0.25, 0.3) is 0 Å². The number of ether oxygens (including phenoxy) is 1. The summed E-state index contributed by atoms with van der Waals surface area (Å²) in [6.07, 6.45) is 2.39. The Hall–Kier alpha value is -0.970. The number of hydrogen-bond acceptors (Lipinski definition) is 3. The summed E-state index contributed by atoms with van der Waals surface area (Å²) in [5.74, 6) is 1.52. The third-order valence-corrected chi connectivity index (χ3v) is 6.72. The molecule has 0 aromatic heterocycles. The quantitative estimate of drug-likeness (QED) is 0.676. The van der Waals surface area contributed by atoms with Crippen molar-refractivity contribution in [1.29, 1.82) is 0 Å². The molecule has 0 amide bonds. The molecule has 3 aliphatic heterocycles. The fourth-order valence-electron chi connectivity index (χ4n) is 4.59. The molecule has 3 heterocycles. The van der Waals surface area contributed by atoms with E-state index >= 15 is 0 Å². The summed E-state index contributed by atoms with van der Waals surface area (Å²) < 4.78 is 5.50. The smallest absolute Gasteiger partial charge is 0.123 e. The van der Waals surface area contributed by atoms with Crippen LogP contribution in [0.5, 0.6) is 5.75 Å². The normalized spacial score (nSPS) is 27.0. The maximum Gasteiger partial charge on any atom is 0.123 e. The summed E-state index contributed by atoms with van der Waals surface area (Å²) >= 11 is 19.3. The molecule has 3 saturated heterocycles. The van der Waals surface area contributed by atoms with Gasteiger partial charge in [0.15, 0.2) is 0 Å². The fraction of sp³-hybridized carbons (Fsp3) is 0.429. The van der Waals surface area contributed by atoms with Crippen LogP contribution >= 0.6 is 34.8 Å². The highest BCUT2D eigenvalue weighted by molar-refractivity contribution is 6.39. The van der Waals surface area contributed by atoms with E-state index in [-0.39, 0.29) is 12.1 Å². The number of nitrogens with one attached hydrogen (secondary N) is 1. The number of halogens is 3. The summed E-state index contributed by atoms with van der Waals surface area (Å²) in [4.78, 5) is 2.50. The third-order valence-electron chi connectivity index (χ3n) is 5.88. The standard InChI is InChI=1S/C21H23Cl3N2O/c1-27-18-5-3-2-4-14(18)12-25-20-13-6-8-26(9-7-13)21(20)19-16(23)10-15(22)11-17(19)24/h2-5,10-11,13,20-21,25H,6-9,12H2,1H3. The van der Waals surface area contributed by atoms with Crippen molar-refractivity contribution in [3.63, 3.8) is 0 Å². The lowest BCUT2D eigenvalue weighted by Crippen LogP contribution is -2.57. The van der Waals surface area contributed by atoms with Crippen molar-refractivity contribution >= 4 is 34.8 Å². The van der Waals surface area contributed by atoms with Crippen molar-refractivity contribution in [2.24, 2.45) is 5.92 Å². The Bertz CT molecular complexity index is 798. The Morgan fingerprint density at radius 1 is 1.07 bits per heavy atom. The molecular weight excluding hydrogens is 403 g/mol. The Morgan fingerprint density at radius 2 is 1.74 bits per heavy atom. The molecule has 5 rings (SSSR count). The van der Waals surface area contributed by atoms with E-state index in [0.717, 1.165) is 36.5 Å². The number of rotatable bonds is 5. The Labute approximate surface area is 175 Å². The molecule has 2 unspecified atom stereocenters. The topological polar surface area (TPSA) is 24.5 Å². The number of hydrogen-bond donors (Lipinski definition) is 1. The largest absolute Gasteiger partial charge is 0.496 e. The molecule has 2 bridgehead atoms. The highest BCUT2D eigenvalue weighted by Gasteiger charge is 2.44. The van der Waals surface area contributed by atoms with Crippen molar-refractivity contribution < 1.29 is 4.74 Å². The molecule has 2 aromatic rings. The second-order valence-corrected chi connectivity index (χ2v) is 8.57. The summed E-state index contributed by atoms with van der Waals surface area (Å²) in [6, 6.07) is 12.2. The first-order valence-corrected chi connectivity index (χ1v) is 10.5. The maximum absolute atomic E-state index is 6.59. The summed E-state index contributed by atoms with van der Waals surface area (Å²) in [7, 11) is 1.71. The van der Waals surface area contributed by atoms with Crippen LogP contribution in [-0.4, -0.2) is 31.1 Å². The van der Waals surface area contributed by atoms with Gasteiger partial charge >= 0.3 is 0 Å². The van der Waals surface area contributed by atoms with E-state index < -0.39 is 0 Å². The van der Waals surface area contributed by atoms with Crippen LogP contribution in [0.1, 0.15) is 30.0 Å². The predicted octanol–water partition coefficient (Wildman–Crippen LogP) is 5.58. The van der Waals surface area contributed by atoms with Crippen molar-refractivity contribution in [3.8, 4) is 5.75 Å². The van der Waals surface area contributed by atoms with Gasteiger partial charge in [0, 0.05) is 38.8 Å². The summed E-state index contributed by atoms with van der Waals surface area (Å²) in [6.45, 7) is 2.91. The third kappa shape index (κ3) is 3.81. The average molecular weight is 426 g/mol. The van der Waals surface area contributed by atoms with E-state index in [9.17, 15) is 0 Å². The highest BCUT2D eigenvalue weighted by atomic mass is 35.5. The number of piperidine rings is 3. The Morgan fingerprint density at radius 3 is 2.41 bits per heavy atom. The van der Waals surface area contributed by atoms with Crippen molar-refractivity contribution in [2.75, 3.05) is 20.2 Å². The molecule has 2 aromatic carbocycles. The minimum absolute atomic E-state index is 0.157. The zero-order valence-corrected chi connectivity index (χ0v) is 17.5. The average Bonchev–Trinajstić information content (AvgIpc) is 2.67. The monoisotopic (exact) mass is 424 g/mol. The van der Waals surface area contributed by atoms with Gasteiger partial charge in [-0.3, -0.25) is 4.90 Å². The number of para-hydroxylation sites is 1. The van der Waals surface area contributed by atoms with Gasteiger partial charge in [0.2, 0.25) is 0 Å². The van der Waals surface area contributed by atoms with Crippen LogP contribution in [-0.2, 0) is 6.54 Å². The number of methoxy groups -OCH3 is 1. The van der Waals surface area contributed by atoms with Gasteiger partial charge in [0.25, 0.3) is 0 Å². The number of fused-ring (bicyclic) bond motifs is 3. The zero-order valence-electron chi connectivity index (χ0n) is 15.2. The number of benzene rings is 2. The van der Waals surface area contributed by atoms with Crippen molar-refractivity contribution in [2.45, 2.75) is 31.5 Å². The van der Waals surface area contributed by atoms with Gasteiger partial charge in [-0.1, -0.05) is 53.0 Å². The Kier molecular flexibility index (Phi) is 5.86. The molecule has 3 nitrogen and oxygen atoms in total. The van der Waals surface area contributed by atoms with Gasteiger partial charge in [0.1, 0.15) is 5.75 Å². The van der Waals surface area contributed by atoms with Crippen LogP contribution in [0.15, 0.2) is 36.4 Å². The van der Waals surface area contributed by atoms with Crippen LogP contribution in [0.4, 0.5) is 0 Å². The Balaban J connectivity index is 1.64. The van der Waals surface area contributed by atoms with E-state index in [2.05, 4.69) is 16.3 Å². The lowest BCUT2D eigenvalue weighted by Gasteiger charge is -2.52. The maximum atomic E-state index is 6.59.